The van der Waals surface area contributed by atoms with Crippen molar-refractivity contribution in [1.82, 2.24) is 14.5 Å². The lowest BCUT2D eigenvalue weighted by atomic mass is 9.98. The first-order valence-corrected chi connectivity index (χ1v) is 7.59. The van der Waals surface area contributed by atoms with Crippen molar-refractivity contribution in [2.45, 2.75) is 18.9 Å². The van der Waals surface area contributed by atoms with Gasteiger partial charge in [0.15, 0.2) is 0 Å². The molecule has 2 heterocycles. The highest BCUT2D eigenvalue weighted by atomic mass is 19.1. The van der Waals surface area contributed by atoms with Gasteiger partial charge in [0.05, 0.1) is 31.6 Å². The van der Waals surface area contributed by atoms with Crippen LogP contribution in [0.4, 0.5) is 4.39 Å². The molecule has 0 N–H and O–H groups in total. The van der Waals surface area contributed by atoms with Gasteiger partial charge >= 0.3 is 0 Å². The Morgan fingerprint density at radius 3 is 3.04 bits per heavy atom. The Balaban J connectivity index is 1.77. The van der Waals surface area contributed by atoms with E-state index < -0.39 is 0 Å². The monoisotopic (exact) mass is 317 g/mol. The number of ether oxygens (including phenoxy) is 1. The van der Waals surface area contributed by atoms with Crippen molar-refractivity contribution >= 4 is 5.91 Å². The van der Waals surface area contributed by atoms with Crippen LogP contribution in [0.3, 0.4) is 0 Å². The fraction of sp³-hybridized carbons (Fsp3) is 0.412. The Bertz CT molecular complexity index is 714. The lowest BCUT2D eigenvalue weighted by Gasteiger charge is -2.32. The highest BCUT2D eigenvalue weighted by molar-refractivity contribution is 5.79. The molecule has 0 saturated carbocycles. The number of rotatable bonds is 4. The molecule has 1 atom stereocenters. The van der Waals surface area contributed by atoms with Gasteiger partial charge in [0.25, 0.3) is 0 Å². The van der Waals surface area contributed by atoms with E-state index in [-0.39, 0.29) is 24.1 Å². The number of hydrogen-bond donors (Lipinski definition) is 0. The number of carbonyl (C=O) groups is 1. The largest absolute Gasteiger partial charge is 0.384 e. The maximum atomic E-state index is 13.3. The van der Waals surface area contributed by atoms with Gasteiger partial charge in [-0.1, -0.05) is 12.1 Å². The molecule has 23 heavy (non-hydrogen) atoms. The maximum Gasteiger partial charge on any atom is 0.227 e. The van der Waals surface area contributed by atoms with Crippen molar-refractivity contribution in [2.75, 3.05) is 20.3 Å². The van der Waals surface area contributed by atoms with E-state index in [4.69, 9.17) is 4.74 Å². The summed E-state index contributed by atoms with van der Waals surface area (Å²) in [7, 11) is 3.61. The molecule has 0 spiro atoms. The number of aromatic nitrogens is 2. The molecule has 122 valence electrons. The van der Waals surface area contributed by atoms with Crippen molar-refractivity contribution in [2.24, 2.45) is 7.05 Å². The molecule has 1 amide bonds. The second-order valence-electron chi connectivity index (χ2n) is 5.92. The van der Waals surface area contributed by atoms with Crippen LogP contribution in [0.5, 0.6) is 0 Å². The molecule has 2 aromatic rings. The fourth-order valence-corrected chi connectivity index (χ4v) is 3.19. The summed E-state index contributed by atoms with van der Waals surface area (Å²) >= 11 is 0. The molecule has 0 bridgehead atoms. The second-order valence-corrected chi connectivity index (χ2v) is 5.92. The summed E-state index contributed by atoms with van der Waals surface area (Å²) in [6, 6.07) is 6.17. The van der Waals surface area contributed by atoms with Crippen LogP contribution in [0.2, 0.25) is 0 Å². The molecule has 1 aliphatic rings. The van der Waals surface area contributed by atoms with E-state index in [2.05, 4.69) is 4.98 Å². The van der Waals surface area contributed by atoms with E-state index in [1.54, 1.807) is 30.5 Å². The Morgan fingerprint density at radius 1 is 1.48 bits per heavy atom. The van der Waals surface area contributed by atoms with Crippen molar-refractivity contribution in [3.05, 3.63) is 53.4 Å². The summed E-state index contributed by atoms with van der Waals surface area (Å²) in [6.45, 7) is 1.62. The average Bonchev–Trinajstić information content (AvgIpc) is 2.89. The number of benzene rings is 1. The molecule has 5 nitrogen and oxygen atoms in total. The van der Waals surface area contributed by atoms with Crippen LogP contribution in [0, 0.1) is 5.82 Å². The van der Waals surface area contributed by atoms with E-state index in [0.717, 1.165) is 11.4 Å². The molecule has 1 aromatic heterocycles. The van der Waals surface area contributed by atoms with Gasteiger partial charge in [-0.3, -0.25) is 4.79 Å². The van der Waals surface area contributed by atoms with E-state index in [1.165, 1.54) is 12.1 Å². The molecular formula is C17H20FN3O2. The third-order valence-electron chi connectivity index (χ3n) is 4.20. The lowest BCUT2D eigenvalue weighted by molar-refractivity contribution is -0.132. The summed E-state index contributed by atoms with van der Waals surface area (Å²) in [4.78, 5) is 18.8. The summed E-state index contributed by atoms with van der Waals surface area (Å²) in [6.07, 6.45) is 1.97. The predicted molar refractivity (Wildman–Crippen MR) is 83.3 cm³/mol. The number of imidazole rings is 1. The minimum absolute atomic E-state index is 0.0204. The SMILES string of the molecule is COCC1CN(C(=O)Cc2cccc(F)c2)Cc2ncn(C)c21. The van der Waals surface area contributed by atoms with E-state index >= 15 is 0 Å². The Morgan fingerprint density at radius 2 is 2.30 bits per heavy atom. The second kappa shape index (κ2) is 6.50. The zero-order valence-electron chi connectivity index (χ0n) is 13.3. The third kappa shape index (κ3) is 3.27. The van der Waals surface area contributed by atoms with Crippen molar-refractivity contribution < 1.29 is 13.9 Å². The number of nitrogens with zero attached hydrogens (tertiary/aromatic N) is 3. The number of hydrogen-bond acceptors (Lipinski definition) is 3. The molecule has 0 radical (unpaired) electrons. The van der Waals surface area contributed by atoms with Gasteiger partial charge in [0.1, 0.15) is 5.82 Å². The van der Waals surface area contributed by atoms with Crippen LogP contribution >= 0.6 is 0 Å². The van der Waals surface area contributed by atoms with Crippen LogP contribution in [0.15, 0.2) is 30.6 Å². The molecule has 3 rings (SSSR count). The zero-order valence-corrected chi connectivity index (χ0v) is 13.3. The highest BCUT2D eigenvalue weighted by Crippen LogP contribution is 2.28. The van der Waals surface area contributed by atoms with Gasteiger partial charge in [0.2, 0.25) is 5.91 Å². The van der Waals surface area contributed by atoms with Crippen LogP contribution in [0.25, 0.3) is 0 Å². The van der Waals surface area contributed by atoms with E-state index in [1.807, 2.05) is 11.6 Å². The standard InChI is InChI=1S/C17H20FN3O2/c1-20-11-19-15-9-21(8-13(10-23-2)17(15)20)16(22)7-12-4-3-5-14(18)6-12/h3-6,11,13H,7-10H2,1-2H3. The molecule has 1 aliphatic heterocycles. The molecule has 0 aliphatic carbocycles. The summed E-state index contributed by atoms with van der Waals surface area (Å²) in [5.74, 6) is -0.237. The first-order chi connectivity index (χ1) is 11.1. The molecule has 0 fully saturated rings. The lowest BCUT2D eigenvalue weighted by Crippen LogP contribution is -2.40. The number of methoxy groups -OCH3 is 1. The normalized spacial score (nSPS) is 17.2. The van der Waals surface area contributed by atoms with Crippen LogP contribution < -0.4 is 0 Å². The number of fused-ring (bicyclic) bond motifs is 1. The summed E-state index contributed by atoms with van der Waals surface area (Å²) < 4.78 is 20.6. The fourth-order valence-electron chi connectivity index (χ4n) is 3.19. The van der Waals surface area contributed by atoms with Crippen LogP contribution in [-0.2, 0) is 29.5 Å². The quantitative estimate of drug-likeness (QED) is 0.865. The smallest absolute Gasteiger partial charge is 0.227 e. The Labute approximate surface area is 134 Å². The summed E-state index contributed by atoms with van der Waals surface area (Å²) in [5, 5.41) is 0. The number of aryl methyl sites for hydroxylation is 1. The molecule has 1 unspecified atom stereocenters. The first kappa shape index (κ1) is 15.7. The molecule has 6 heteroatoms. The summed E-state index contributed by atoms with van der Waals surface area (Å²) in [5.41, 5.74) is 2.72. The number of halogens is 1. The molecule has 1 aromatic carbocycles. The zero-order chi connectivity index (χ0) is 16.4. The van der Waals surface area contributed by atoms with Crippen molar-refractivity contribution in [3.63, 3.8) is 0 Å². The van der Waals surface area contributed by atoms with E-state index in [0.29, 0.717) is 25.3 Å². The minimum atomic E-state index is -0.321. The molecular weight excluding hydrogens is 297 g/mol. The Kier molecular flexibility index (Phi) is 4.43. The third-order valence-corrected chi connectivity index (χ3v) is 4.20. The Hall–Kier alpha value is -2.21. The highest BCUT2D eigenvalue weighted by Gasteiger charge is 2.31. The van der Waals surface area contributed by atoms with Crippen molar-refractivity contribution in [3.8, 4) is 0 Å². The topological polar surface area (TPSA) is 47.4 Å². The van der Waals surface area contributed by atoms with Gasteiger partial charge in [-0.05, 0) is 17.7 Å². The first-order valence-electron chi connectivity index (χ1n) is 7.59. The van der Waals surface area contributed by atoms with Gasteiger partial charge in [-0.2, -0.15) is 0 Å². The van der Waals surface area contributed by atoms with Crippen LogP contribution in [-0.4, -0.2) is 40.6 Å². The predicted octanol–water partition coefficient (Wildman–Crippen LogP) is 1.87. The van der Waals surface area contributed by atoms with Crippen LogP contribution in [0.1, 0.15) is 22.9 Å². The maximum absolute atomic E-state index is 13.3. The van der Waals surface area contributed by atoms with Gasteiger partial charge in [-0.15, -0.1) is 0 Å². The van der Waals surface area contributed by atoms with Crippen molar-refractivity contribution in [1.29, 1.82) is 0 Å². The van der Waals surface area contributed by atoms with Gasteiger partial charge in [-0.25, -0.2) is 9.37 Å². The number of carbonyl (C=O) groups excluding carboxylic acids is 1. The molecule has 0 saturated heterocycles. The van der Waals surface area contributed by atoms with Gasteiger partial charge < -0.3 is 14.2 Å². The minimum Gasteiger partial charge on any atom is -0.384 e. The number of amides is 1. The van der Waals surface area contributed by atoms with Gasteiger partial charge in [0, 0.05) is 32.3 Å². The van der Waals surface area contributed by atoms with E-state index in [9.17, 15) is 9.18 Å². The average molecular weight is 317 g/mol.